The lowest BCUT2D eigenvalue weighted by atomic mass is 9.92. The van der Waals surface area contributed by atoms with Crippen LogP contribution in [0.5, 0.6) is 5.75 Å². The number of hydrogen-bond acceptors (Lipinski definition) is 4. The van der Waals surface area contributed by atoms with E-state index in [0.29, 0.717) is 31.7 Å². The van der Waals surface area contributed by atoms with Crippen molar-refractivity contribution < 1.29 is 9.84 Å². The number of hydrogen-bond donors (Lipinski definition) is 2. The van der Waals surface area contributed by atoms with E-state index in [-0.39, 0.29) is 0 Å². The lowest BCUT2D eigenvalue weighted by molar-refractivity contribution is 0.0292. The molecule has 0 aliphatic carbocycles. The van der Waals surface area contributed by atoms with Crippen molar-refractivity contribution in [2.24, 2.45) is 11.7 Å². The minimum atomic E-state index is -0.459. The van der Waals surface area contributed by atoms with Gasteiger partial charge in [0.25, 0.3) is 0 Å². The Bertz CT molecular complexity index is 439. The number of aliphatic hydroxyl groups excluding tert-OH is 1. The first-order valence-corrected chi connectivity index (χ1v) is 7.94. The molecule has 0 spiro atoms. The van der Waals surface area contributed by atoms with E-state index in [1.807, 2.05) is 24.3 Å². The third-order valence-corrected chi connectivity index (χ3v) is 4.53. The molecule has 118 valence electrons. The molecule has 3 unspecified atom stereocenters. The summed E-state index contributed by atoms with van der Waals surface area (Å²) in [4.78, 5) is 2.37. The Morgan fingerprint density at radius 1 is 1.43 bits per heavy atom. The van der Waals surface area contributed by atoms with Crippen molar-refractivity contribution in [1.29, 1.82) is 0 Å². The SMILES string of the molecule is CC1CCCN(CC(O)COc2cccc(CN)c2)C1C. The summed E-state index contributed by atoms with van der Waals surface area (Å²) in [6.07, 6.45) is 2.05. The van der Waals surface area contributed by atoms with E-state index in [0.717, 1.165) is 17.9 Å². The molecule has 1 saturated heterocycles. The highest BCUT2D eigenvalue weighted by Crippen LogP contribution is 2.23. The van der Waals surface area contributed by atoms with Crippen LogP contribution in [0.1, 0.15) is 32.3 Å². The van der Waals surface area contributed by atoms with Crippen molar-refractivity contribution in [3.8, 4) is 5.75 Å². The third kappa shape index (κ3) is 4.70. The predicted octanol–water partition coefficient (Wildman–Crippen LogP) is 2.01. The van der Waals surface area contributed by atoms with E-state index < -0.39 is 6.10 Å². The minimum absolute atomic E-state index is 0.325. The van der Waals surface area contributed by atoms with E-state index in [9.17, 15) is 5.11 Å². The topological polar surface area (TPSA) is 58.7 Å². The number of rotatable bonds is 6. The van der Waals surface area contributed by atoms with Crippen LogP contribution in [0.3, 0.4) is 0 Å². The summed E-state index contributed by atoms with van der Waals surface area (Å²) in [5.41, 5.74) is 6.66. The van der Waals surface area contributed by atoms with Gasteiger partial charge in [0.1, 0.15) is 18.5 Å². The second kappa shape index (κ2) is 7.78. The number of likely N-dealkylation sites (tertiary alicyclic amines) is 1. The highest BCUT2D eigenvalue weighted by atomic mass is 16.5. The lowest BCUT2D eigenvalue weighted by Gasteiger charge is -2.38. The van der Waals surface area contributed by atoms with Crippen molar-refractivity contribution in [1.82, 2.24) is 4.90 Å². The van der Waals surface area contributed by atoms with Crippen LogP contribution in [0.4, 0.5) is 0 Å². The first kappa shape index (κ1) is 16.3. The second-order valence-corrected chi connectivity index (χ2v) is 6.17. The van der Waals surface area contributed by atoms with Gasteiger partial charge in [0.2, 0.25) is 0 Å². The van der Waals surface area contributed by atoms with Crippen molar-refractivity contribution in [3.63, 3.8) is 0 Å². The Labute approximate surface area is 127 Å². The molecule has 3 atom stereocenters. The highest BCUT2D eigenvalue weighted by Gasteiger charge is 2.26. The van der Waals surface area contributed by atoms with Crippen LogP contribution < -0.4 is 10.5 Å². The molecule has 1 heterocycles. The smallest absolute Gasteiger partial charge is 0.119 e. The van der Waals surface area contributed by atoms with Gasteiger partial charge in [-0.3, -0.25) is 4.90 Å². The number of aliphatic hydroxyl groups is 1. The molecule has 1 aliphatic heterocycles. The normalized spacial score (nSPS) is 24.8. The van der Waals surface area contributed by atoms with Gasteiger partial charge in [-0.25, -0.2) is 0 Å². The summed E-state index contributed by atoms with van der Waals surface area (Å²) >= 11 is 0. The molecule has 2 rings (SSSR count). The summed E-state index contributed by atoms with van der Waals surface area (Å²) in [5, 5.41) is 10.2. The fourth-order valence-electron chi connectivity index (χ4n) is 2.96. The van der Waals surface area contributed by atoms with Crippen LogP contribution in [-0.4, -0.2) is 41.8 Å². The Hall–Kier alpha value is -1.10. The maximum Gasteiger partial charge on any atom is 0.119 e. The van der Waals surface area contributed by atoms with Crippen LogP contribution >= 0.6 is 0 Å². The summed E-state index contributed by atoms with van der Waals surface area (Å²) in [5.74, 6) is 1.48. The predicted molar refractivity (Wildman–Crippen MR) is 85.3 cm³/mol. The van der Waals surface area contributed by atoms with E-state index >= 15 is 0 Å². The molecule has 4 nitrogen and oxygen atoms in total. The lowest BCUT2D eigenvalue weighted by Crippen LogP contribution is -2.46. The second-order valence-electron chi connectivity index (χ2n) is 6.17. The number of nitrogens with two attached hydrogens (primary N) is 1. The van der Waals surface area contributed by atoms with Gasteiger partial charge in [-0.05, 0) is 49.9 Å². The Kier molecular flexibility index (Phi) is 6.03. The Morgan fingerprint density at radius 3 is 3.00 bits per heavy atom. The average molecular weight is 292 g/mol. The van der Waals surface area contributed by atoms with Crippen LogP contribution in [0.2, 0.25) is 0 Å². The molecule has 0 radical (unpaired) electrons. The van der Waals surface area contributed by atoms with Crippen molar-refractivity contribution in [2.75, 3.05) is 19.7 Å². The van der Waals surface area contributed by atoms with E-state index in [1.165, 1.54) is 12.8 Å². The molecule has 4 heteroatoms. The maximum absolute atomic E-state index is 10.2. The van der Waals surface area contributed by atoms with E-state index in [4.69, 9.17) is 10.5 Å². The van der Waals surface area contributed by atoms with Crippen LogP contribution in [-0.2, 0) is 6.54 Å². The fraction of sp³-hybridized carbons (Fsp3) is 0.647. The summed E-state index contributed by atoms with van der Waals surface area (Å²) < 4.78 is 5.68. The zero-order valence-corrected chi connectivity index (χ0v) is 13.2. The monoisotopic (exact) mass is 292 g/mol. The number of nitrogens with zero attached hydrogens (tertiary/aromatic N) is 1. The number of β-amino-alcohol motifs (C(OH)–C–C–N with tert-alkyl or cyclic N) is 1. The summed E-state index contributed by atoms with van der Waals surface area (Å²) in [6.45, 7) is 7.13. The zero-order valence-electron chi connectivity index (χ0n) is 13.2. The Morgan fingerprint density at radius 2 is 2.24 bits per heavy atom. The molecule has 0 saturated carbocycles. The van der Waals surface area contributed by atoms with Gasteiger partial charge in [-0.1, -0.05) is 19.1 Å². The molecular formula is C17H28N2O2. The Balaban J connectivity index is 1.80. The highest BCUT2D eigenvalue weighted by molar-refractivity contribution is 5.28. The fourth-order valence-corrected chi connectivity index (χ4v) is 2.96. The van der Waals surface area contributed by atoms with Crippen molar-refractivity contribution in [3.05, 3.63) is 29.8 Å². The van der Waals surface area contributed by atoms with Gasteiger partial charge in [0.15, 0.2) is 0 Å². The number of benzene rings is 1. The van der Waals surface area contributed by atoms with Gasteiger partial charge < -0.3 is 15.6 Å². The molecule has 1 aromatic carbocycles. The largest absolute Gasteiger partial charge is 0.491 e. The average Bonchev–Trinajstić information content (AvgIpc) is 2.50. The van der Waals surface area contributed by atoms with Gasteiger partial charge in [-0.2, -0.15) is 0 Å². The summed E-state index contributed by atoms with van der Waals surface area (Å²) in [6, 6.07) is 8.27. The van der Waals surface area contributed by atoms with Crippen molar-refractivity contribution in [2.45, 2.75) is 45.4 Å². The molecule has 0 bridgehead atoms. The van der Waals surface area contributed by atoms with E-state index in [2.05, 4.69) is 18.7 Å². The quantitative estimate of drug-likeness (QED) is 0.842. The van der Waals surface area contributed by atoms with Crippen molar-refractivity contribution >= 4 is 0 Å². The number of ether oxygens (including phenoxy) is 1. The van der Waals surface area contributed by atoms with E-state index in [1.54, 1.807) is 0 Å². The molecule has 1 aliphatic rings. The van der Waals surface area contributed by atoms with Gasteiger partial charge in [0, 0.05) is 19.1 Å². The van der Waals surface area contributed by atoms with Crippen LogP contribution in [0.25, 0.3) is 0 Å². The molecule has 3 N–H and O–H groups in total. The van der Waals surface area contributed by atoms with Crippen LogP contribution in [0.15, 0.2) is 24.3 Å². The zero-order chi connectivity index (χ0) is 15.2. The molecule has 0 aromatic heterocycles. The third-order valence-electron chi connectivity index (χ3n) is 4.53. The molecule has 1 aromatic rings. The molecular weight excluding hydrogens is 264 g/mol. The molecule has 1 fully saturated rings. The molecule has 0 amide bonds. The van der Waals surface area contributed by atoms with Gasteiger partial charge >= 0.3 is 0 Å². The molecule has 21 heavy (non-hydrogen) atoms. The summed E-state index contributed by atoms with van der Waals surface area (Å²) in [7, 11) is 0. The van der Waals surface area contributed by atoms with Crippen LogP contribution in [0, 0.1) is 5.92 Å². The minimum Gasteiger partial charge on any atom is -0.491 e. The maximum atomic E-state index is 10.2. The first-order chi connectivity index (χ1) is 10.1. The van der Waals surface area contributed by atoms with Gasteiger partial charge in [0.05, 0.1) is 0 Å². The standard InChI is InChI=1S/C17H28N2O2/c1-13-5-4-8-19(14(13)2)11-16(20)12-21-17-7-3-6-15(9-17)10-18/h3,6-7,9,13-14,16,20H,4-5,8,10-12,18H2,1-2H3. The number of piperidine rings is 1. The van der Waals surface area contributed by atoms with Gasteiger partial charge in [-0.15, -0.1) is 0 Å². The first-order valence-electron chi connectivity index (χ1n) is 7.94.